The Labute approximate surface area is 120 Å². The summed E-state index contributed by atoms with van der Waals surface area (Å²) in [5, 5.41) is 5.52. The van der Waals surface area contributed by atoms with Crippen LogP contribution in [-0.4, -0.2) is 36.8 Å². The highest BCUT2D eigenvalue weighted by atomic mass is 16.2. The lowest BCUT2D eigenvalue weighted by Gasteiger charge is -2.20. The number of nitrogens with zero attached hydrogens (tertiary/aromatic N) is 3. The standard InChI is InChI=1S/C16H21N3O/c1-5-19(6-2)14-9-7-13(8-10-14)11-15-12(3)17-18(4)16(15)20/h7-11H,5-6H2,1-4H3/b15-11-. The number of hydrazone groups is 1. The molecule has 0 saturated heterocycles. The molecule has 0 radical (unpaired) electrons. The molecule has 0 bridgehead atoms. The van der Waals surface area contributed by atoms with Crippen molar-refractivity contribution in [3.63, 3.8) is 0 Å². The van der Waals surface area contributed by atoms with Gasteiger partial charge in [-0.25, -0.2) is 5.01 Å². The van der Waals surface area contributed by atoms with Crippen LogP contribution in [0.4, 0.5) is 5.69 Å². The molecule has 0 aliphatic carbocycles. The second-order valence-electron chi connectivity index (χ2n) is 4.84. The average Bonchev–Trinajstić information content (AvgIpc) is 2.68. The van der Waals surface area contributed by atoms with E-state index in [9.17, 15) is 4.79 Å². The van der Waals surface area contributed by atoms with Crippen LogP contribution in [0.3, 0.4) is 0 Å². The van der Waals surface area contributed by atoms with E-state index in [1.54, 1.807) is 7.05 Å². The van der Waals surface area contributed by atoms with E-state index >= 15 is 0 Å². The smallest absolute Gasteiger partial charge is 0.275 e. The average molecular weight is 271 g/mol. The maximum atomic E-state index is 11.9. The van der Waals surface area contributed by atoms with Crippen molar-refractivity contribution in [3.05, 3.63) is 35.4 Å². The normalized spacial score (nSPS) is 16.8. The van der Waals surface area contributed by atoms with Gasteiger partial charge in [0.15, 0.2) is 0 Å². The minimum atomic E-state index is -0.0460. The van der Waals surface area contributed by atoms with Crippen LogP contribution in [-0.2, 0) is 4.79 Å². The van der Waals surface area contributed by atoms with Crippen LogP contribution in [0, 0.1) is 0 Å². The Kier molecular flexibility index (Phi) is 4.23. The second kappa shape index (κ2) is 5.90. The van der Waals surface area contributed by atoms with Gasteiger partial charge in [-0.1, -0.05) is 12.1 Å². The van der Waals surface area contributed by atoms with Gasteiger partial charge in [-0.3, -0.25) is 4.79 Å². The van der Waals surface area contributed by atoms with Gasteiger partial charge in [-0.05, 0) is 44.5 Å². The summed E-state index contributed by atoms with van der Waals surface area (Å²) in [5.41, 5.74) is 3.67. The highest BCUT2D eigenvalue weighted by molar-refractivity contribution is 6.26. The first kappa shape index (κ1) is 14.3. The second-order valence-corrected chi connectivity index (χ2v) is 4.84. The van der Waals surface area contributed by atoms with E-state index in [-0.39, 0.29) is 5.91 Å². The Morgan fingerprint density at radius 1 is 1.20 bits per heavy atom. The van der Waals surface area contributed by atoms with Crippen molar-refractivity contribution in [1.82, 2.24) is 5.01 Å². The van der Waals surface area contributed by atoms with Gasteiger partial charge in [-0.2, -0.15) is 5.10 Å². The maximum Gasteiger partial charge on any atom is 0.275 e. The number of carbonyl (C=O) groups is 1. The fourth-order valence-electron chi connectivity index (χ4n) is 2.36. The highest BCUT2D eigenvalue weighted by Crippen LogP contribution is 2.20. The van der Waals surface area contributed by atoms with Gasteiger partial charge < -0.3 is 4.90 Å². The number of likely N-dealkylation sites (N-methyl/N-ethyl adjacent to an activating group) is 1. The molecule has 0 saturated carbocycles. The fraction of sp³-hybridized carbons (Fsp3) is 0.375. The van der Waals surface area contributed by atoms with E-state index < -0.39 is 0 Å². The summed E-state index contributed by atoms with van der Waals surface area (Å²) in [4.78, 5) is 14.2. The molecule has 0 unspecified atom stereocenters. The van der Waals surface area contributed by atoms with Gasteiger partial charge in [0.2, 0.25) is 0 Å². The number of amides is 1. The summed E-state index contributed by atoms with van der Waals surface area (Å²) in [7, 11) is 1.68. The predicted octanol–water partition coefficient (Wildman–Crippen LogP) is 2.76. The molecule has 0 spiro atoms. The first-order chi connectivity index (χ1) is 9.56. The third kappa shape index (κ3) is 2.74. The SMILES string of the molecule is CCN(CC)c1ccc(/C=C2\C(=O)N(C)N=C2C)cc1. The highest BCUT2D eigenvalue weighted by Gasteiger charge is 2.23. The molecule has 106 valence electrons. The van der Waals surface area contributed by atoms with E-state index in [2.05, 4.69) is 36.0 Å². The molecule has 0 atom stereocenters. The van der Waals surface area contributed by atoms with Crippen molar-refractivity contribution in [1.29, 1.82) is 0 Å². The molecule has 1 heterocycles. The summed E-state index contributed by atoms with van der Waals surface area (Å²) in [6.07, 6.45) is 1.90. The number of hydrogen-bond donors (Lipinski definition) is 0. The van der Waals surface area contributed by atoms with Crippen LogP contribution >= 0.6 is 0 Å². The van der Waals surface area contributed by atoms with Crippen LogP contribution in [0.1, 0.15) is 26.3 Å². The zero-order valence-electron chi connectivity index (χ0n) is 12.6. The lowest BCUT2D eigenvalue weighted by atomic mass is 10.1. The molecule has 20 heavy (non-hydrogen) atoms. The van der Waals surface area contributed by atoms with Gasteiger partial charge in [-0.15, -0.1) is 0 Å². The van der Waals surface area contributed by atoms with Crippen LogP contribution < -0.4 is 4.90 Å². The Balaban J connectivity index is 2.23. The number of rotatable bonds is 4. The van der Waals surface area contributed by atoms with Gasteiger partial charge in [0.1, 0.15) is 0 Å². The summed E-state index contributed by atoms with van der Waals surface area (Å²) < 4.78 is 0. The van der Waals surface area contributed by atoms with Crippen molar-refractivity contribution in [2.75, 3.05) is 25.0 Å². The summed E-state index contributed by atoms with van der Waals surface area (Å²) in [6.45, 7) is 8.13. The maximum absolute atomic E-state index is 11.9. The number of anilines is 1. The van der Waals surface area contributed by atoms with Crippen LogP contribution in [0.15, 0.2) is 34.9 Å². The molecular weight excluding hydrogens is 250 g/mol. The quantitative estimate of drug-likeness (QED) is 0.789. The topological polar surface area (TPSA) is 35.9 Å². The van der Waals surface area contributed by atoms with Crippen LogP contribution in [0.25, 0.3) is 6.08 Å². The molecule has 1 aromatic carbocycles. The van der Waals surface area contributed by atoms with E-state index in [1.165, 1.54) is 10.7 Å². The predicted molar refractivity (Wildman–Crippen MR) is 83.9 cm³/mol. The number of benzene rings is 1. The molecule has 4 heteroatoms. The summed E-state index contributed by atoms with van der Waals surface area (Å²) >= 11 is 0. The minimum Gasteiger partial charge on any atom is -0.372 e. The Morgan fingerprint density at radius 3 is 2.25 bits per heavy atom. The third-order valence-electron chi connectivity index (χ3n) is 3.55. The Hall–Kier alpha value is -2.10. The molecule has 0 N–H and O–H groups in total. The van der Waals surface area contributed by atoms with Crippen molar-refractivity contribution in [2.45, 2.75) is 20.8 Å². The van der Waals surface area contributed by atoms with Crippen LogP contribution in [0.5, 0.6) is 0 Å². The fourth-order valence-corrected chi connectivity index (χ4v) is 2.36. The van der Waals surface area contributed by atoms with Crippen molar-refractivity contribution in [3.8, 4) is 0 Å². The van der Waals surface area contributed by atoms with Gasteiger partial charge in [0, 0.05) is 25.8 Å². The van der Waals surface area contributed by atoms with Gasteiger partial charge in [0.25, 0.3) is 5.91 Å². The molecule has 1 amide bonds. The number of carbonyl (C=O) groups excluding carboxylic acids is 1. The zero-order chi connectivity index (χ0) is 14.7. The van der Waals surface area contributed by atoms with E-state index in [0.29, 0.717) is 5.57 Å². The Morgan fingerprint density at radius 2 is 1.80 bits per heavy atom. The first-order valence-corrected chi connectivity index (χ1v) is 6.97. The third-order valence-corrected chi connectivity index (χ3v) is 3.55. The lowest BCUT2D eigenvalue weighted by Crippen LogP contribution is -2.21. The molecule has 0 aromatic heterocycles. The largest absolute Gasteiger partial charge is 0.372 e. The molecule has 1 aliphatic heterocycles. The number of hydrogen-bond acceptors (Lipinski definition) is 3. The van der Waals surface area contributed by atoms with Crippen molar-refractivity contribution < 1.29 is 4.79 Å². The molecule has 2 rings (SSSR count). The summed E-state index contributed by atoms with van der Waals surface area (Å²) in [6, 6.07) is 8.27. The zero-order valence-corrected chi connectivity index (χ0v) is 12.6. The molecular formula is C16H21N3O. The Bertz CT molecular complexity index is 554. The van der Waals surface area contributed by atoms with Crippen LogP contribution in [0.2, 0.25) is 0 Å². The van der Waals surface area contributed by atoms with Crippen molar-refractivity contribution in [2.24, 2.45) is 5.10 Å². The lowest BCUT2D eigenvalue weighted by molar-refractivity contribution is -0.124. The van der Waals surface area contributed by atoms with Gasteiger partial charge in [0.05, 0.1) is 11.3 Å². The molecule has 4 nitrogen and oxygen atoms in total. The van der Waals surface area contributed by atoms with E-state index in [0.717, 1.165) is 24.4 Å². The summed E-state index contributed by atoms with van der Waals surface area (Å²) in [5.74, 6) is -0.0460. The minimum absolute atomic E-state index is 0.0460. The molecule has 1 aliphatic rings. The first-order valence-electron chi connectivity index (χ1n) is 6.97. The monoisotopic (exact) mass is 271 g/mol. The molecule has 0 fully saturated rings. The molecule has 1 aromatic rings. The van der Waals surface area contributed by atoms with E-state index in [1.807, 2.05) is 25.1 Å². The van der Waals surface area contributed by atoms with Crippen molar-refractivity contribution >= 4 is 23.4 Å². The van der Waals surface area contributed by atoms with Gasteiger partial charge >= 0.3 is 0 Å². The van der Waals surface area contributed by atoms with E-state index in [4.69, 9.17) is 0 Å².